The second kappa shape index (κ2) is 9.38. The number of nitrogens with zero attached hydrogens (tertiary/aromatic N) is 2. The third-order valence-electron chi connectivity index (χ3n) is 4.47. The maximum atomic E-state index is 12.3. The summed E-state index contributed by atoms with van der Waals surface area (Å²) >= 11 is 1.50. The molecule has 0 fully saturated rings. The Morgan fingerprint density at radius 2 is 1.90 bits per heavy atom. The summed E-state index contributed by atoms with van der Waals surface area (Å²) in [4.78, 5) is 35.8. The van der Waals surface area contributed by atoms with Crippen molar-refractivity contribution >= 4 is 34.4 Å². The number of carboxylic acids is 1. The molecule has 8 heteroatoms. The van der Waals surface area contributed by atoms with Gasteiger partial charge in [0.2, 0.25) is 5.91 Å². The summed E-state index contributed by atoms with van der Waals surface area (Å²) in [6.45, 7) is -0.347. The highest BCUT2D eigenvalue weighted by molar-refractivity contribution is 7.98. The van der Waals surface area contributed by atoms with Gasteiger partial charge >= 0.3 is 5.97 Å². The fourth-order valence-corrected chi connectivity index (χ4v) is 3.50. The van der Waals surface area contributed by atoms with Crippen molar-refractivity contribution in [1.29, 1.82) is 0 Å². The average Bonchev–Trinajstić information content (AvgIpc) is 2.72. The van der Waals surface area contributed by atoms with E-state index in [1.165, 1.54) is 17.8 Å². The van der Waals surface area contributed by atoms with Crippen LogP contribution in [0.1, 0.15) is 6.42 Å². The smallest absolute Gasteiger partial charge is 0.326 e. The molecule has 150 valence electrons. The summed E-state index contributed by atoms with van der Waals surface area (Å²) in [5.74, 6) is -1.06. The molecule has 0 aliphatic heterocycles. The van der Waals surface area contributed by atoms with Crippen molar-refractivity contribution in [3.05, 3.63) is 65.0 Å². The van der Waals surface area contributed by atoms with Gasteiger partial charge in [-0.1, -0.05) is 42.5 Å². The number of thioether (sulfide) groups is 1. The third kappa shape index (κ3) is 5.03. The van der Waals surface area contributed by atoms with E-state index in [0.29, 0.717) is 17.9 Å². The topological polar surface area (TPSA) is 101 Å². The van der Waals surface area contributed by atoms with Crippen LogP contribution < -0.4 is 10.9 Å². The van der Waals surface area contributed by atoms with Crippen LogP contribution in [0.4, 0.5) is 0 Å². The molecule has 1 amide bonds. The Kier molecular flexibility index (Phi) is 6.66. The molecule has 29 heavy (non-hydrogen) atoms. The van der Waals surface area contributed by atoms with Gasteiger partial charge in [-0.3, -0.25) is 9.59 Å². The lowest BCUT2D eigenvalue weighted by Crippen LogP contribution is -2.44. The number of amides is 1. The normalized spacial score (nSPS) is 11.9. The molecule has 1 aromatic heterocycles. The Labute approximate surface area is 171 Å². The molecule has 2 N–H and O–H groups in total. The number of fused-ring (bicyclic) bond motifs is 1. The summed E-state index contributed by atoms with van der Waals surface area (Å²) in [6, 6.07) is 15.6. The molecule has 1 atom stereocenters. The van der Waals surface area contributed by atoms with Crippen molar-refractivity contribution in [3.63, 3.8) is 0 Å². The number of hydrogen-bond acceptors (Lipinski definition) is 5. The van der Waals surface area contributed by atoms with E-state index in [2.05, 4.69) is 10.4 Å². The minimum Gasteiger partial charge on any atom is -0.480 e. The molecular weight excluding hydrogens is 390 g/mol. The standard InChI is InChI=1S/C21H21N3O4S/c1-29-12-11-18(21(27)28)22-19(25)13-24-20(26)10-9-17(23-24)16-8-4-6-14-5-2-3-7-15(14)16/h2-10,18H,11-13H2,1H3,(H,22,25)(H,27,28)/t18-/m0/s1. The van der Waals surface area contributed by atoms with Crippen molar-refractivity contribution in [2.75, 3.05) is 12.0 Å². The molecule has 0 saturated carbocycles. The number of rotatable bonds is 8. The molecule has 0 aliphatic rings. The number of aliphatic carboxylic acids is 1. The average molecular weight is 411 g/mol. The Morgan fingerprint density at radius 1 is 1.14 bits per heavy atom. The number of carboxylic acid groups (broad SMARTS) is 1. The molecule has 2 aromatic carbocycles. The van der Waals surface area contributed by atoms with Crippen molar-refractivity contribution < 1.29 is 14.7 Å². The van der Waals surface area contributed by atoms with Gasteiger partial charge in [-0.15, -0.1) is 0 Å². The van der Waals surface area contributed by atoms with Crippen LogP contribution in [-0.2, 0) is 16.1 Å². The molecule has 0 aliphatic carbocycles. The predicted molar refractivity (Wildman–Crippen MR) is 114 cm³/mol. The van der Waals surface area contributed by atoms with Gasteiger partial charge in [-0.2, -0.15) is 16.9 Å². The molecular formula is C21H21N3O4S. The highest BCUT2D eigenvalue weighted by Crippen LogP contribution is 2.26. The molecule has 0 spiro atoms. The molecule has 0 unspecified atom stereocenters. The van der Waals surface area contributed by atoms with Gasteiger partial charge in [-0.05, 0) is 35.3 Å². The van der Waals surface area contributed by atoms with E-state index in [1.807, 2.05) is 48.7 Å². The van der Waals surface area contributed by atoms with E-state index in [-0.39, 0.29) is 6.54 Å². The van der Waals surface area contributed by atoms with Crippen molar-refractivity contribution in [1.82, 2.24) is 15.1 Å². The fraction of sp³-hybridized carbons (Fsp3) is 0.238. The largest absolute Gasteiger partial charge is 0.480 e. The van der Waals surface area contributed by atoms with Gasteiger partial charge in [0.05, 0.1) is 5.69 Å². The molecule has 7 nitrogen and oxygen atoms in total. The highest BCUT2D eigenvalue weighted by Gasteiger charge is 2.20. The van der Waals surface area contributed by atoms with Gasteiger partial charge in [0, 0.05) is 11.6 Å². The van der Waals surface area contributed by atoms with Crippen LogP contribution in [0, 0.1) is 0 Å². The van der Waals surface area contributed by atoms with Gasteiger partial charge in [0.25, 0.3) is 5.56 Å². The first-order valence-electron chi connectivity index (χ1n) is 9.07. The zero-order chi connectivity index (χ0) is 20.8. The summed E-state index contributed by atoms with van der Waals surface area (Å²) in [6.07, 6.45) is 2.17. The Bertz CT molecular complexity index is 1090. The second-order valence-corrected chi connectivity index (χ2v) is 7.47. The molecule has 1 heterocycles. The van der Waals surface area contributed by atoms with Crippen LogP contribution in [-0.4, -0.2) is 44.8 Å². The van der Waals surface area contributed by atoms with Crippen LogP contribution >= 0.6 is 11.8 Å². The lowest BCUT2D eigenvalue weighted by atomic mass is 10.0. The maximum absolute atomic E-state index is 12.3. The van der Waals surface area contributed by atoms with Gasteiger partial charge in [-0.25, -0.2) is 9.48 Å². The molecule has 0 saturated heterocycles. The SMILES string of the molecule is CSCC[C@H](NC(=O)Cn1nc(-c2cccc3ccccc23)ccc1=O)C(=O)O. The van der Waals surface area contributed by atoms with Crippen molar-refractivity contribution in [3.8, 4) is 11.3 Å². The number of nitrogens with one attached hydrogen (secondary N) is 1. The minimum atomic E-state index is -1.10. The Morgan fingerprint density at radius 3 is 2.66 bits per heavy atom. The number of benzene rings is 2. The number of carbonyl (C=O) groups is 2. The van der Waals surface area contributed by atoms with Gasteiger partial charge < -0.3 is 10.4 Å². The van der Waals surface area contributed by atoms with E-state index in [4.69, 9.17) is 0 Å². The third-order valence-corrected chi connectivity index (χ3v) is 5.11. The second-order valence-electron chi connectivity index (χ2n) is 6.48. The van der Waals surface area contributed by atoms with Crippen LogP contribution in [0.3, 0.4) is 0 Å². The van der Waals surface area contributed by atoms with E-state index in [9.17, 15) is 19.5 Å². The van der Waals surface area contributed by atoms with E-state index >= 15 is 0 Å². The van der Waals surface area contributed by atoms with Crippen LogP contribution in [0.2, 0.25) is 0 Å². The first kappa shape index (κ1) is 20.6. The number of carbonyl (C=O) groups excluding carboxylic acids is 1. The van der Waals surface area contributed by atoms with Crippen LogP contribution in [0.15, 0.2) is 59.4 Å². The fourth-order valence-electron chi connectivity index (χ4n) is 3.02. The summed E-state index contributed by atoms with van der Waals surface area (Å²) in [5, 5.41) is 18.1. The molecule has 0 radical (unpaired) electrons. The van der Waals surface area contributed by atoms with Crippen molar-refractivity contribution in [2.45, 2.75) is 19.0 Å². The van der Waals surface area contributed by atoms with Gasteiger partial charge in [0.1, 0.15) is 12.6 Å². The van der Waals surface area contributed by atoms with E-state index < -0.39 is 23.5 Å². The Balaban J connectivity index is 1.85. The minimum absolute atomic E-state index is 0.306. The lowest BCUT2D eigenvalue weighted by Gasteiger charge is -2.14. The maximum Gasteiger partial charge on any atom is 0.326 e. The monoisotopic (exact) mass is 411 g/mol. The summed E-state index contributed by atoms with van der Waals surface area (Å²) in [5.41, 5.74) is 0.979. The van der Waals surface area contributed by atoms with Crippen LogP contribution in [0.25, 0.3) is 22.0 Å². The quantitative estimate of drug-likeness (QED) is 0.590. The van der Waals surface area contributed by atoms with Crippen molar-refractivity contribution in [2.24, 2.45) is 0 Å². The highest BCUT2D eigenvalue weighted by atomic mass is 32.2. The molecule has 3 aromatic rings. The number of hydrogen-bond donors (Lipinski definition) is 2. The molecule has 3 rings (SSSR count). The zero-order valence-electron chi connectivity index (χ0n) is 15.9. The molecule has 0 bridgehead atoms. The van der Waals surface area contributed by atoms with Gasteiger partial charge in [0.15, 0.2) is 0 Å². The van der Waals surface area contributed by atoms with Crippen LogP contribution in [0.5, 0.6) is 0 Å². The summed E-state index contributed by atoms with van der Waals surface area (Å²) in [7, 11) is 0. The first-order valence-corrected chi connectivity index (χ1v) is 10.5. The Hall–Kier alpha value is -3.13. The zero-order valence-corrected chi connectivity index (χ0v) is 16.7. The summed E-state index contributed by atoms with van der Waals surface area (Å²) < 4.78 is 1.06. The van der Waals surface area contributed by atoms with E-state index in [0.717, 1.165) is 21.0 Å². The lowest BCUT2D eigenvalue weighted by molar-refractivity contribution is -0.142. The number of aromatic nitrogens is 2. The predicted octanol–water partition coefficient (Wildman–Crippen LogP) is 2.39. The van der Waals surface area contributed by atoms with E-state index in [1.54, 1.807) is 6.07 Å². The first-order chi connectivity index (χ1) is 14.0.